The van der Waals surface area contributed by atoms with Crippen molar-refractivity contribution in [1.29, 1.82) is 5.26 Å². The summed E-state index contributed by atoms with van der Waals surface area (Å²) in [6.07, 6.45) is 1.76. The minimum absolute atomic E-state index is 0.0617. The molecule has 0 unspecified atom stereocenters. The molecule has 1 aliphatic heterocycles. The Balaban J connectivity index is 1.82. The molecule has 0 radical (unpaired) electrons. The molecule has 0 atom stereocenters. The average Bonchev–Trinajstić information content (AvgIpc) is 3.01. The van der Waals surface area contributed by atoms with Gasteiger partial charge in [-0.25, -0.2) is 4.99 Å². The first-order valence-electron chi connectivity index (χ1n) is 8.13. The van der Waals surface area contributed by atoms with Crippen LogP contribution >= 0.6 is 11.8 Å². The zero-order valence-electron chi connectivity index (χ0n) is 14.9. The molecule has 2 aromatic carbocycles. The van der Waals surface area contributed by atoms with Crippen LogP contribution in [0.5, 0.6) is 11.5 Å². The minimum Gasteiger partial charge on any atom is -0.493 e. The van der Waals surface area contributed by atoms with Crippen molar-refractivity contribution in [3.05, 3.63) is 58.5 Å². The van der Waals surface area contributed by atoms with Gasteiger partial charge in [-0.05, 0) is 54.1 Å². The van der Waals surface area contributed by atoms with Crippen molar-refractivity contribution in [2.45, 2.75) is 6.92 Å². The average molecular weight is 379 g/mol. The van der Waals surface area contributed by atoms with E-state index >= 15 is 0 Å². The Morgan fingerprint density at radius 2 is 2.07 bits per heavy atom. The van der Waals surface area contributed by atoms with E-state index in [0.717, 1.165) is 16.8 Å². The van der Waals surface area contributed by atoms with Crippen molar-refractivity contribution in [3.63, 3.8) is 0 Å². The van der Waals surface area contributed by atoms with Crippen LogP contribution in [0.3, 0.4) is 0 Å². The number of aliphatic imine (C=N–C) groups is 1. The van der Waals surface area contributed by atoms with Crippen LogP contribution in [0.15, 0.2) is 52.4 Å². The van der Waals surface area contributed by atoms with E-state index in [9.17, 15) is 4.79 Å². The van der Waals surface area contributed by atoms with Gasteiger partial charge in [-0.3, -0.25) is 4.79 Å². The Hall–Kier alpha value is -3.24. The summed E-state index contributed by atoms with van der Waals surface area (Å²) in [5.74, 6) is 0.777. The molecule has 136 valence electrons. The molecule has 1 aliphatic rings. The van der Waals surface area contributed by atoms with Gasteiger partial charge in [-0.1, -0.05) is 24.3 Å². The number of nitrogens with zero attached hydrogens (tertiary/aromatic N) is 2. The van der Waals surface area contributed by atoms with E-state index in [4.69, 9.17) is 14.7 Å². The first-order chi connectivity index (χ1) is 13.1. The van der Waals surface area contributed by atoms with E-state index < -0.39 is 0 Å². The summed E-state index contributed by atoms with van der Waals surface area (Å²) >= 11 is 1.28. The van der Waals surface area contributed by atoms with E-state index in [1.807, 2.05) is 37.3 Å². The van der Waals surface area contributed by atoms with E-state index in [2.05, 4.69) is 10.3 Å². The van der Waals surface area contributed by atoms with Crippen LogP contribution in [0.4, 0.5) is 5.69 Å². The Morgan fingerprint density at radius 3 is 2.81 bits per heavy atom. The first-order valence-corrected chi connectivity index (χ1v) is 8.95. The zero-order chi connectivity index (χ0) is 19.2. The highest BCUT2D eigenvalue weighted by atomic mass is 32.2. The van der Waals surface area contributed by atoms with Gasteiger partial charge in [-0.2, -0.15) is 5.26 Å². The minimum atomic E-state index is -0.198. The second kappa shape index (κ2) is 8.43. The summed E-state index contributed by atoms with van der Waals surface area (Å²) in [5, 5.41) is 12.0. The van der Waals surface area contributed by atoms with E-state index in [1.54, 1.807) is 24.3 Å². The van der Waals surface area contributed by atoms with Crippen LogP contribution in [0, 0.1) is 18.3 Å². The highest BCUT2D eigenvalue weighted by Crippen LogP contribution is 2.32. The molecule has 3 rings (SSSR count). The maximum absolute atomic E-state index is 12.3. The summed E-state index contributed by atoms with van der Waals surface area (Å²) in [6, 6.07) is 14.9. The number of benzene rings is 2. The Kier molecular flexibility index (Phi) is 5.79. The fraction of sp³-hybridized carbons (Fsp3) is 0.150. The van der Waals surface area contributed by atoms with Crippen molar-refractivity contribution < 1.29 is 14.3 Å². The number of amidine groups is 1. The third-order valence-corrected chi connectivity index (χ3v) is 4.68. The van der Waals surface area contributed by atoms with Gasteiger partial charge in [0.05, 0.1) is 17.7 Å². The molecule has 0 spiro atoms. The Morgan fingerprint density at radius 1 is 1.26 bits per heavy atom. The Bertz CT molecular complexity index is 977. The Labute approximate surface area is 161 Å². The SMILES string of the molecule is COc1cc(/C=C2/SC(=Nc3ccccc3C)NC2=O)ccc1OCC#N. The summed E-state index contributed by atoms with van der Waals surface area (Å²) in [7, 11) is 1.52. The number of carbonyl (C=O) groups excluding carboxylic acids is 1. The normalized spacial score (nSPS) is 16.3. The number of hydrogen-bond acceptors (Lipinski definition) is 6. The monoisotopic (exact) mass is 379 g/mol. The van der Waals surface area contributed by atoms with Gasteiger partial charge in [-0.15, -0.1) is 0 Å². The van der Waals surface area contributed by atoms with Crippen molar-refractivity contribution in [1.82, 2.24) is 5.32 Å². The molecular weight excluding hydrogens is 362 g/mol. The molecule has 2 aromatic rings. The largest absolute Gasteiger partial charge is 0.493 e. The number of para-hydroxylation sites is 1. The molecule has 1 saturated heterocycles. The standard InChI is InChI=1S/C20H17N3O3S/c1-13-5-3-4-6-15(13)22-20-23-19(24)18(27-20)12-14-7-8-16(26-10-9-21)17(11-14)25-2/h3-8,11-12H,10H2,1-2H3,(H,22,23,24)/b18-12+. The van der Waals surface area contributed by atoms with E-state index in [1.165, 1.54) is 18.9 Å². The lowest BCUT2D eigenvalue weighted by Crippen LogP contribution is -2.19. The molecule has 1 heterocycles. The summed E-state index contributed by atoms with van der Waals surface area (Å²) < 4.78 is 10.6. The van der Waals surface area contributed by atoms with Crippen LogP contribution in [-0.2, 0) is 4.79 Å². The third kappa shape index (κ3) is 4.49. The molecule has 1 N–H and O–H groups in total. The number of nitriles is 1. The van der Waals surface area contributed by atoms with Crippen molar-refractivity contribution in [2.75, 3.05) is 13.7 Å². The second-order valence-corrected chi connectivity index (χ2v) is 6.66. The first kappa shape index (κ1) is 18.5. The number of rotatable bonds is 5. The summed E-state index contributed by atoms with van der Waals surface area (Å²) in [6.45, 7) is 1.91. The van der Waals surface area contributed by atoms with E-state index in [0.29, 0.717) is 21.6 Å². The van der Waals surface area contributed by atoms with Crippen LogP contribution in [0.1, 0.15) is 11.1 Å². The topological polar surface area (TPSA) is 83.7 Å². The molecule has 7 heteroatoms. The second-order valence-electron chi connectivity index (χ2n) is 5.63. The molecule has 1 fully saturated rings. The number of methoxy groups -OCH3 is 1. The number of amides is 1. The van der Waals surface area contributed by atoms with Crippen molar-refractivity contribution >= 4 is 34.6 Å². The summed E-state index contributed by atoms with van der Waals surface area (Å²) in [5.41, 5.74) is 2.64. The fourth-order valence-electron chi connectivity index (χ4n) is 2.43. The maximum Gasteiger partial charge on any atom is 0.264 e. The van der Waals surface area contributed by atoms with Crippen LogP contribution in [-0.4, -0.2) is 24.8 Å². The van der Waals surface area contributed by atoms with Crippen LogP contribution < -0.4 is 14.8 Å². The molecule has 0 saturated carbocycles. The smallest absolute Gasteiger partial charge is 0.264 e. The van der Waals surface area contributed by atoms with E-state index in [-0.39, 0.29) is 12.5 Å². The van der Waals surface area contributed by atoms with Gasteiger partial charge in [0.15, 0.2) is 23.3 Å². The molecule has 6 nitrogen and oxygen atoms in total. The lowest BCUT2D eigenvalue weighted by Gasteiger charge is -2.08. The number of carbonyl (C=O) groups is 1. The van der Waals surface area contributed by atoms with Crippen molar-refractivity contribution in [2.24, 2.45) is 4.99 Å². The number of aryl methyl sites for hydroxylation is 1. The molecule has 1 amide bonds. The number of hydrogen-bond donors (Lipinski definition) is 1. The number of ether oxygens (including phenoxy) is 2. The fourth-order valence-corrected chi connectivity index (χ4v) is 3.27. The third-order valence-electron chi connectivity index (χ3n) is 3.77. The molecule has 0 aromatic heterocycles. The molecule has 0 bridgehead atoms. The molecular formula is C20H17N3O3S. The predicted octanol–water partition coefficient (Wildman–Crippen LogP) is 3.80. The van der Waals surface area contributed by atoms with Crippen molar-refractivity contribution in [3.8, 4) is 17.6 Å². The van der Waals surface area contributed by atoms with Gasteiger partial charge >= 0.3 is 0 Å². The number of thioether (sulfide) groups is 1. The highest BCUT2D eigenvalue weighted by Gasteiger charge is 2.24. The van der Waals surface area contributed by atoms with Crippen LogP contribution in [0.25, 0.3) is 6.08 Å². The quantitative estimate of drug-likeness (QED) is 0.799. The molecule has 0 aliphatic carbocycles. The summed E-state index contributed by atoms with van der Waals surface area (Å²) in [4.78, 5) is 17.3. The zero-order valence-corrected chi connectivity index (χ0v) is 15.7. The lowest BCUT2D eigenvalue weighted by molar-refractivity contribution is -0.115. The van der Waals surface area contributed by atoms with Gasteiger partial charge in [0.1, 0.15) is 6.07 Å². The maximum atomic E-state index is 12.3. The molecule has 27 heavy (non-hydrogen) atoms. The predicted molar refractivity (Wildman–Crippen MR) is 106 cm³/mol. The van der Waals surface area contributed by atoms with Gasteiger partial charge in [0, 0.05) is 0 Å². The lowest BCUT2D eigenvalue weighted by atomic mass is 10.2. The highest BCUT2D eigenvalue weighted by molar-refractivity contribution is 8.18. The van der Waals surface area contributed by atoms with Gasteiger partial charge in [0.25, 0.3) is 5.91 Å². The van der Waals surface area contributed by atoms with Crippen LogP contribution in [0.2, 0.25) is 0 Å². The number of nitrogens with one attached hydrogen (secondary N) is 1. The van der Waals surface area contributed by atoms with Gasteiger partial charge in [0.2, 0.25) is 0 Å². The van der Waals surface area contributed by atoms with Gasteiger partial charge < -0.3 is 14.8 Å².